The highest BCUT2D eigenvalue weighted by Gasteiger charge is 2.34. The zero-order chi connectivity index (χ0) is 16.4. The molecule has 0 bridgehead atoms. The Balaban J connectivity index is 1.52. The molecule has 2 fully saturated rings. The first kappa shape index (κ1) is 15.4. The van der Waals surface area contributed by atoms with E-state index in [-0.39, 0.29) is 43.2 Å². The van der Waals surface area contributed by atoms with E-state index in [2.05, 4.69) is 10.2 Å². The van der Waals surface area contributed by atoms with Crippen molar-refractivity contribution < 1.29 is 19.1 Å². The Labute approximate surface area is 133 Å². The van der Waals surface area contributed by atoms with Gasteiger partial charge in [-0.1, -0.05) is 0 Å². The lowest BCUT2D eigenvalue weighted by Gasteiger charge is -2.20. The lowest BCUT2D eigenvalue weighted by Crippen LogP contribution is -2.42. The van der Waals surface area contributed by atoms with E-state index < -0.39 is 0 Å². The molecule has 3 heterocycles. The average molecular weight is 318 g/mol. The summed E-state index contributed by atoms with van der Waals surface area (Å²) in [4.78, 5) is 38.0. The molecule has 3 amide bonds. The molecule has 23 heavy (non-hydrogen) atoms. The lowest BCUT2D eigenvalue weighted by molar-refractivity contribution is -0.145. The summed E-state index contributed by atoms with van der Waals surface area (Å²) in [6.07, 6.45) is 0.929. The third kappa shape index (κ3) is 3.46. The highest BCUT2D eigenvalue weighted by Crippen LogP contribution is 2.18. The lowest BCUT2D eigenvalue weighted by atomic mass is 10.3. The van der Waals surface area contributed by atoms with Crippen molar-refractivity contribution in [3.05, 3.63) is 17.8 Å². The van der Waals surface area contributed by atoms with Gasteiger partial charge in [-0.15, -0.1) is 5.10 Å². The number of amides is 3. The number of ether oxygens (including phenoxy) is 1. The normalized spacial score (nSPS) is 21.2. The van der Waals surface area contributed by atoms with Crippen LogP contribution in [-0.2, 0) is 14.4 Å². The van der Waals surface area contributed by atoms with Gasteiger partial charge >= 0.3 is 0 Å². The number of carbonyl (C=O) groups excluding carboxylic acids is 3. The van der Waals surface area contributed by atoms with E-state index in [0.29, 0.717) is 25.4 Å². The first-order chi connectivity index (χ1) is 11.0. The predicted octanol–water partition coefficient (Wildman–Crippen LogP) is -0.0863. The third-order valence-electron chi connectivity index (χ3n) is 4.01. The quantitative estimate of drug-likeness (QED) is 0.721. The minimum atomic E-state index is -0.273. The molecule has 2 aliphatic heterocycles. The number of carbonyl (C=O) groups is 3. The monoisotopic (exact) mass is 318 g/mol. The molecular formula is C15H18N4O4. The third-order valence-corrected chi connectivity index (χ3v) is 4.01. The van der Waals surface area contributed by atoms with Gasteiger partial charge < -0.3 is 9.64 Å². The fourth-order valence-corrected chi connectivity index (χ4v) is 2.71. The van der Waals surface area contributed by atoms with Crippen LogP contribution in [-0.4, -0.2) is 63.5 Å². The van der Waals surface area contributed by atoms with Crippen LogP contribution < -0.4 is 4.74 Å². The number of nitrogens with zero attached hydrogens (tertiary/aromatic N) is 4. The predicted molar refractivity (Wildman–Crippen MR) is 78.3 cm³/mol. The molecule has 2 saturated heterocycles. The molecule has 3 rings (SSSR count). The maximum absolute atomic E-state index is 12.2. The Morgan fingerprint density at radius 1 is 1.26 bits per heavy atom. The largest absolute Gasteiger partial charge is 0.471 e. The highest BCUT2D eigenvalue weighted by molar-refractivity contribution is 6.04. The zero-order valence-electron chi connectivity index (χ0n) is 12.9. The average Bonchev–Trinajstić information content (AvgIpc) is 3.11. The van der Waals surface area contributed by atoms with Crippen LogP contribution in [0.1, 0.15) is 25.0 Å². The summed E-state index contributed by atoms with van der Waals surface area (Å²) < 4.78 is 5.71. The van der Waals surface area contributed by atoms with Gasteiger partial charge in [0.15, 0.2) is 0 Å². The topological polar surface area (TPSA) is 92.7 Å². The van der Waals surface area contributed by atoms with Gasteiger partial charge in [-0.05, 0) is 13.0 Å². The molecule has 0 aromatic carbocycles. The Morgan fingerprint density at radius 3 is 2.65 bits per heavy atom. The SMILES string of the molecule is Cc1ccc(OC2CCN(C(=O)CN3C(=O)CCC3=O)C2)nn1. The van der Waals surface area contributed by atoms with E-state index in [4.69, 9.17) is 4.74 Å². The van der Waals surface area contributed by atoms with Crippen molar-refractivity contribution in [1.82, 2.24) is 20.0 Å². The number of imide groups is 1. The van der Waals surface area contributed by atoms with Crippen molar-refractivity contribution in [3.63, 3.8) is 0 Å². The van der Waals surface area contributed by atoms with Gasteiger partial charge in [0, 0.05) is 31.9 Å². The highest BCUT2D eigenvalue weighted by atomic mass is 16.5. The number of hydrogen-bond donors (Lipinski definition) is 0. The van der Waals surface area contributed by atoms with Crippen molar-refractivity contribution in [2.45, 2.75) is 32.3 Å². The van der Waals surface area contributed by atoms with Crippen LogP contribution in [0.25, 0.3) is 0 Å². The Hall–Kier alpha value is -2.51. The van der Waals surface area contributed by atoms with E-state index in [0.717, 1.165) is 10.6 Å². The van der Waals surface area contributed by atoms with Gasteiger partial charge in [-0.25, -0.2) is 0 Å². The van der Waals surface area contributed by atoms with Crippen LogP contribution >= 0.6 is 0 Å². The number of hydrogen-bond acceptors (Lipinski definition) is 6. The molecule has 8 nitrogen and oxygen atoms in total. The molecule has 1 atom stereocenters. The molecule has 1 aromatic rings. The van der Waals surface area contributed by atoms with Crippen LogP contribution in [0.3, 0.4) is 0 Å². The second kappa shape index (κ2) is 6.31. The van der Waals surface area contributed by atoms with Gasteiger partial charge in [0.1, 0.15) is 12.6 Å². The number of rotatable bonds is 4. The van der Waals surface area contributed by atoms with Crippen molar-refractivity contribution in [3.8, 4) is 5.88 Å². The summed E-state index contributed by atoms with van der Waals surface area (Å²) in [6, 6.07) is 3.55. The van der Waals surface area contributed by atoms with Crippen molar-refractivity contribution in [1.29, 1.82) is 0 Å². The smallest absolute Gasteiger partial charge is 0.242 e. The standard InChI is InChI=1S/C15H18N4O4/c1-10-2-3-12(17-16-10)23-11-6-7-18(8-11)15(22)9-19-13(20)4-5-14(19)21/h2-3,11H,4-9H2,1H3. The first-order valence-corrected chi connectivity index (χ1v) is 7.61. The van der Waals surface area contributed by atoms with Crippen LogP contribution in [0.15, 0.2) is 12.1 Å². The van der Waals surface area contributed by atoms with Crippen LogP contribution in [0.2, 0.25) is 0 Å². The van der Waals surface area contributed by atoms with E-state index in [1.807, 2.05) is 13.0 Å². The van der Waals surface area contributed by atoms with Gasteiger partial charge in [-0.2, -0.15) is 5.10 Å². The Kier molecular flexibility index (Phi) is 4.22. The fraction of sp³-hybridized carbons (Fsp3) is 0.533. The molecular weight excluding hydrogens is 300 g/mol. The van der Waals surface area contributed by atoms with Crippen molar-refractivity contribution in [2.75, 3.05) is 19.6 Å². The molecule has 1 unspecified atom stereocenters. The second-order valence-electron chi connectivity index (χ2n) is 5.75. The minimum absolute atomic E-state index is 0.152. The van der Waals surface area contributed by atoms with Gasteiger partial charge in [0.25, 0.3) is 0 Å². The molecule has 0 saturated carbocycles. The second-order valence-corrected chi connectivity index (χ2v) is 5.75. The van der Waals surface area contributed by atoms with E-state index >= 15 is 0 Å². The van der Waals surface area contributed by atoms with Gasteiger partial charge in [-0.3, -0.25) is 19.3 Å². The van der Waals surface area contributed by atoms with E-state index in [1.54, 1.807) is 11.0 Å². The molecule has 0 radical (unpaired) electrons. The molecule has 1 aromatic heterocycles. The number of aryl methyl sites for hydroxylation is 1. The van der Waals surface area contributed by atoms with Crippen LogP contribution in [0.5, 0.6) is 5.88 Å². The summed E-state index contributed by atoms with van der Waals surface area (Å²) in [5.41, 5.74) is 0.806. The maximum Gasteiger partial charge on any atom is 0.242 e. The summed E-state index contributed by atoms with van der Waals surface area (Å²) in [6.45, 7) is 2.63. The summed E-state index contributed by atoms with van der Waals surface area (Å²) >= 11 is 0. The van der Waals surface area contributed by atoms with E-state index in [1.165, 1.54) is 0 Å². The summed E-state index contributed by atoms with van der Waals surface area (Å²) in [5.74, 6) is -0.343. The minimum Gasteiger partial charge on any atom is -0.471 e. The van der Waals surface area contributed by atoms with E-state index in [9.17, 15) is 14.4 Å². The molecule has 8 heteroatoms. The molecule has 122 valence electrons. The van der Waals surface area contributed by atoms with Crippen molar-refractivity contribution in [2.24, 2.45) is 0 Å². The Morgan fingerprint density at radius 2 is 2.00 bits per heavy atom. The Bertz CT molecular complexity index is 615. The van der Waals surface area contributed by atoms with Crippen LogP contribution in [0.4, 0.5) is 0 Å². The molecule has 0 N–H and O–H groups in total. The van der Waals surface area contributed by atoms with Crippen LogP contribution in [0, 0.1) is 6.92 Å². The summed E-state index contributed by atoms with van der Waals surface area (Å²) in [7, 11) is 0. The maximum atomic E-state index is 12.2. The number of aromatic nitrogens is 2. The molecule has 0 spiro atoms. The number of likely N-dealkylation sites (tertiary alicyclic amines) is 2. The first-order valence-electron chi connectivity index (χ1n) is 7.61. The van der Waals surface area contributed by atoms with Crippen molar-refractivity contribution >= 4 is 17.7 Å². The van der Waals surface area contributed by atoms with Gasteiger partial charge in [0.05, 0.1) is 12.2 Å². The molecule has 2 aliphatic rings. The summed E-state index contributed by atoms with van der Waals surface area (Å²) in [5, 5.41) is 7.86. The fourth-order valence-electron chi connectivity index (χ4n) is 2.71. The van der Waals surface area contributed by atoms with Gasteiger partial charge in [0.2, 0.25) is 23.6 Å². The zero-order valence-corrected chi connectivity index (χ0v) is 12.9. The molecule has 0 aliphatic carbocycles.